The summed E-state index contributed by atoms with van der Waals surface area (Å²) in [7, 11) is 1.71. The molecule has 0 saturated heterocycles. The van der Waals surface area contributed by atoms with Crippen molar-refractivity contribution in [3.05, 3.63) is 56.0 Å². The smallest absolute Gasteiger partial charge is 0.0649 e. The van der Waals surface area contributed by atoms with Crippen LogP contribution in [-0.2, 0) is 4.74 Å². The largest absolute Gasteiger partial charge is 0.381 e. The summed E-state index contributed by atoms with van der Waals surface area (Å²) in [6.45, 7) is 11.4. The lowest BCUT2D eigenvalue weighted by atomic mass is 10.1. The second kappa shape index (κ2) is 8.84. The third-order valence-corrected chi connectivity index (χ3v) is 4.60. The average Bonchev–Trinajstić information content (AvgIpc) is 2.68. The normalized spacial score (nSPS) is 11.8. The molecule has 0 aliphatic heterocycles. The van der Waals surface area contributed by atoms with E-state index in [4.69, 9.17) is 4.74 Å². The van der Waals surface area contributed by atoms with Gasteiger partial charge in [0.25, 0.3) is 0 Å². The molecule has 1 nitrogen and oxygen atoms in total. The number of hydrogen-bond acceptors (Lipinski definition) is 2. The third-order valence-electron chi connectivity index (χ3n) is 3.46. The molecule has 0 bridgehead atoms. The van der Waals surface area contributed by atoms with Gasteiger partial charge in [-0.2, -0.15) is 0 Å². The van der Waals surface area contributed by atoms with E-state index in [0.29, 0.717) is 6.61 Å². The molecule has 1 rings (SSSR count). The zero-order chi connectivity index (χ0) is 15.8. The van der Waals surface area contributed by atoms with E-state index >= 15 is 0 Å². The fourth-order valence-electron chi connectivity index (χ4n) is 1.98. The van der Waals surface area contributed by atoms with Crippen LogP contribution in [0.5, 0.6) is 0 Å². The van der Waals surface area contributed by atoms with Crippen molar-refractivity contribution in [3.63, 3.8) is 0 Å². The summed E-state index contributed by atoms with van der Waals surface area (Å²) in [5.74, 6) is 0. The monoisotopic (exact) mass is 302 g/mol. The highest BCUT2D eigenvalue weighted by Gasteiger charge is 2.05. The van der Waals surface area contributed by atoms with Crippen molar-refractivity contribution in [1.82, 2.24) is 0 Å². The summed E-state index contributed by atoms with van der Waals surface area (Å²) in [5, 5.41) is 0. The van der Waals surface area contributed by atoms with Gasteiger partial charge in [0, 0.05) is 16.9 Å². The minimum atomic E-state index is 0.668. The molecule has 0 radical (unpaired) electrons. The lowest BCUT2D eigenvalue weighted by molar-refractivity contribution is 0.233. The minimum absolute atomic E-state index is 0.668. The summed E-state index contributed by atoms with van der Waals surface area (Å²) in [6, 6.07) is 0. The topological polar surface area (TPSA) is 9.23 Å². The zero-order valence-corrected chi connectivity index (χ0v) is 14.9. The first-order chi connectivity index (χ1) is 9.95. The summed E-state index contributed by atoms with van der Waals surface area (Å²) in [5.41, 5.74) is 8.60. The van der Waals surface area contributed by atoms with Crippen molar-refractivity contribution >= 4 is 17.4 Å². The summed E-state index contributed by atoms with van der Waals surface area (Å²) in [6.07, 6.45) is 9.44. The van der Waals surface area contributed by atoms with E-state index in [1.165, 1.54) is 32.0 Å². The van der Waals surface area contributed by atoms with E-state index < -0.39 is 0 Å². The van der Waals surface area contributed by atoms with Gasteiger partial charge in [0.2, 0.25) is 0 Å². The Labute approximate surface area is 133 Å². The number of thiophene rings is 1. The summed E-state index contributed by atoms with van der Waals surface area (Å²) in [4.78, 5) is 2.77. The maximum Gasteiger partial charge on any atom is 0.0649 e. The predicted molar refractivity (Wildman–Crippen MR) is 95.1 cm³/mol. The zero-order valence-electron chi connectivity index (χ0n) is 14.0. The quantitative estimate of drug-likeness (QED) is 0.479. The molecule has 0 N–H and O–H groups in total. The lowest BCUT2D eigenvalue weighted by Gasteiger charge is -1.95. The van der Waals surface area contributed by atoms with Crippen LogP contribution >= 0.6 is 11.3 Å². The van der Waals surface area contributed by atoms with Crippen molar-refractivity contribution < 1.29 is 4.74 Å². The molecule has 0 aliphatic rings. The molecule has 0 fully saturated rings. The Morgan fingerprint density at radius 2 is 1.90 bits per heavy atom. The van der Waals surface area contributed by atoms with Gasteiger partial charge in [0.1, 0.15) is 0 Å². The van der Waals surface area contributed by atoms with Gasteiger partial charge in [-0.05, 0) is 63.8 Å². The number of hydrogen-bond donors (Lipinski definition) is 0. The number of methoxy groups -OCH3 is 1. The first-order valence-electron chi connectivity index (χ1n) is 7.26. The Morgan fingerprint density at radius 1 is 1.19 bits per heavy atom. The SMILES string of the molecule is COC/C=C(\C)C=CCC(C)=C=Cc1c(C)sc(C)c1C. The van der Waals surface area contributed by atoms with Crippen molar-refractivity contribution in [1.29, 1.82) is 0 Å². The molecule has 0 amide bonds. The van der Waals surface area contributed by atoms with Gasteiger partial charge in [-0.3, -0.25) is 0 Å². The Morgan fingerprint density at radius 3 is 2.48 bits per heavy atom. The van der Waals surface area contributed by atoms with Crippen LogP contribution in [0.4, 0.5) is 0 Å². The molecule has 0 aliphatic carbocycles. The Kier molecular flexibility index (Phi) is 7.45. The van der Waals surface area contributed by atoms with Crippen LogP contribution < -0.4 is 0 Å². The Balaban J connectivity index is 2.73. The number of allylic oxidation sites excluding steroid dienone is 4. The van der Waals surface area contributed by atoms with E-state index in [9.17, 15) is 0 Å². The van der Waals surface area contributed by atoms with Crippen LogP contribution in [0.25, 0.3) is 6.08 Å². The van der Waals surface area contributed by atoms with Crippen molar-refractivity contribution in [2.45, 2.75) is 41.0 Å². The molecular weight excluding hydrogens is 276 g/mol. The molecule has 0 saturated carbocycles. The third kappa shape index (κ3) is 5.89. The molecule has 1 heterocycles. The maximum atomic E-state index is 5.02. The molecule has 1 aromatic heterocycles. The van der Waals surface area contributed by atoms with Gasteiger partial charge in [-0.25, -0.2) is 0 Å². The number of aryl methyl sites for hydroxylation is 2. The number of ether oxygens (including phenoxy) is 1. The first kappa shape index (κ1) is 17.7. The van der Waals surface area contributed by atoms with E-state index in [2.05, 4.69) is 64.7 Å². The Bertz CT molecular complexity index is 593. The van der Waals surface area contributed by atoms with E-state index in [-0.39, 0.29) is 0 Å². The average molecular weight is 302 g/mol. The van der Waals surface area contributed by atoms with Crippen LogP contribution in [0.3, 0.4) is 0 Å². The lowest BCUT2D eigenvalue weighted by Crippen LogP contribution is -1.82. The molecule has 0 atom stereocenters. The van der Waals surface area contributed by atoms with Gasteiger partial charge in [-0.1, -0.05) is 23.8 Å². The van der Waals surface area contributed by atoms with E-state index in [1.54, 1.807) is 7.11 Å². The second-order valence-electron chi connectivity index (χ2n) is 5.33. The summed E-state index contributed by atoms with van der Waals surface area (Å²) >= 11 is 1.86. The van der Waals surface area contributed by atoms with Crippen LogP contribution in [0.1, 0.15) is 41.1 Å². The van der Waals surface area contributed by atoms with Crippen molar-refractivity contribution in [2.75, 3.05) is 13.7 Å². The van der Waals surface area contributed by atoms with E-state index in [0.717, 1.165) is 6.42 Å². The fourth-order valence-corrected chi connectivity index (χ4v) is 3.03. The molecular formula is C19H26OS. The standard InChI is InChI=1S/C19H26OS/c1-14(8-7-9-15(2)12-13-20-6)10-11-19-16(3)17(4)21-18(19)5/h7,9,11-12H,8,13H2,1-6H3/b9-7?,15-12+. The van der Waals surface area contributed by atoms with Crippen molar-refractivity contribution in [3.8, 4) is 0 Å². The molecule has 0 aromatic carbocycles. The highest BCUT2D eigenvalue weighted by Crippen LogP contribution is 2.27. The fraction of sp³-hybridized carbons (Fsp3) is 0.421. The van der Waals surface area contributed by atoms with Crippen LogP contribution in [-0.4, -0.2) is 13.7 Å². The predicted octanol–water partition coefficient (Wildman–Crippen LogP) is 5.77. The molecule has 114 valence electrons. The second-order valence-corrected chi connectivity index (χ2v) is 6.76. The maximum absolute atomic E-state index is 5.02. The first-order valence-corrected chi connectivity index (χ1v) is 8.08. The molecule has 0 spiro atoms. The van der Waals surface area contributed by atoms with Gasteiger partial charge < -0.3 is 4.74 Å². The molecule has 2 heteroatoms. The minimum Gasteiger partial charge on any atom is -0.381 e. The Hall–Kier alpha value is -1.34. The van der Waals surface area contributed by atoms with Crippen LogP contribution in [0.15, 0.2) is 35.1 Å². The van der Waals surface area contributed by atoms with Gasteiger partial charge in [0.05, 0.1) is 6.61 Å². The van der Waals surface area contributed by atoms with Crippen LogP contribution in [0, 0.1) is 20.8 Å². The molecule has 1 aromatic rings. The van der Waals surface area contributed by atoms with Crippen molar-refractivity contribution in [2.24, 2.45) is 0 Å². The van der Waals surface area contributed by atoms with Gasteiger partial charge in [-0.15, -0.1) is 17.1 Å². The number of rotatable bonds is 6. The highest BCUT2D eigenvalue weighted by atomic mass is 32.1. The van der Waals surface area contributed by atoms with Gasteiger partial charge in [0.15, 0.2) is 0 Å². The summed E-state index contributed by atoms with van der Waals surface area (Å²) < 4.78 is 5.02. The van der Waals surface area contributed by atoms with Gasteiger partial charge >= 0.3 is 0 Å². The van der Waals surface area contributed by atoms with Crippen LogP contribution in [0.2, 0.25) is 0 Å². The molecule has 21 heavy (non-hydrogen) atoms. The van der Waals surface area contributed by atoms with E-state index in [1.807, 2.05) is 11.3 Å². The molecule has 0 unspecified atom stereocenters. The highest BCUT2D eigenvalue weighted by molar-refractivity contribution is 7.12.